The predicted octanol–water partition coefficient (Wildman–Crippen LogP) is 4.28. The lowest BCUT2D eigenvalue weighted by Gasteiger charge is -2.46. The minimum absolute atomic E-state index is 0.222. The summed E-state index contributed by atoms with van der Waals surface area (Å²) >= 11 is 12.3. The number of hydrogen-bond acceptors (Lipinski definition) is 6. The van der Waals surface area contributed by atoms with Crippen LogP contribution >= 0.6 is 34.1 Å². The van der Waals surface area contributed by atoms with Gasteiger partial charge >= 0.3 is 5.97 Å². The zero-order valence-corrected chi connectivity index (χ0v) is 21.8. The lowest BCUT2D eigenvalue weighted by Crippen LogP contribution is -2.50. The molecule has 2 aromatic carbocycles. The number of rotatable bonds is 8. The van der Waals surface area contributed by atoms with Crippen LogP contribution in [0.5, 0.6) is 0 Å². The van der Waals surface area contributed by atoms with E-state index in [1.54, 1.807) is 42.0 Å². The van der Waals surface area contributed by atoms with Crippen LogP contribution in [-0.2, 0) is 14.3 Å². The van der Waals surface area contributed by atoms with E-state index in [2.05, 4.69) is 4.98 Å². The Bertz CT molecular complexity index is 1210. The zero-order valence-electron chi connectivity index (χ0n) is 19.4. The number of benzene rings is 2. The quantitative estimate of drug-likeness (QED) is 0.283. The molecule has 1 unspecified atom stereocenters. The summed E-state index contributed by atoms with van der Waals surface area (Å²) in [5.41, 5.74) is 1.10. The van der Waals surface area contributed by atoms with E-state index in [9.17, 15) is 19.4 Å². The molecule has 1 aliphatic heterocycles. The second kappa shape index (κ2) is 11.9. The Hall–Kier alpha value is -2.14. The van der Waals surface area contributed by atoms with Gasteiger partial charge in [0.15, 0.2) is 0 Å². The number of aromatic nitrogens is 2. The fraction of sp³-hybridized carbons (Fsp3) is 0.360. The van der Waals surface area contributed by atoms with Gasteiger partial charge in [0.05, 0.1) is 53.5 Å². The summed E-state index contributed by atoms with van der Waals surface area (Å²) in [5, 5.41) is 22.1. The number of thiol groups is 1. The Kier molecular flexibility index (Phi) is 8.92. The molecule has 1 aromatic heterocycles. The van der Waals surface area contributed by atoms with Gasteiger partial charge in [-0.1, -0.05) is 35.3 Å². The maximum absolute atomic E-state index is 13.8. The van der Waals surface area contributed by atoms with Gasteiger partial charge in [0, 0.05) is 22.8 Å². The smallest absolute Gasteiger partial charge is 0.332 e. The predicted molar refractivity (Wildman–Crippen MR) is 138 cm³/mol. The average Bonchev–Trinajstić information content (AvgIpc) is 3.34. The molecular formula is C25H27Cl2FN2O5S. The normalized spacial score (nSPS) is 25.0. The molecule has 0 amide bonds. The van der Waals surface area contributed by atoms with Crippen molar-refractivity contribution in [3.63, 3.8) is 0 Å². The third kappa shape index (κ3) is 5.88. The standard InChI is InChI=1S/C25H27Cl2FN2O5S/c1-2-34-23(32)12-35-21-13-36(17-6-7-18(26)19(27)9-17)22(11-31)25(33)24(21)30-10-20(29-14-30)15-4-3-5-16(28)8-15/h3-10,14,21-22,24-25,31,33,36H,2,11-13H2,1H3/t21-,22+,24+,25-/m0/s1. The van der Waals surface area contributed by atoms with Gasteiger partial charge in [0.1, 0.15) is 12.4 Å². The van der Waals surface area contributed by atoms with E-state index in [0.717, 1.165) is 4.90 Å². The van der Waals surface area contributed by atoms with E-state index < -0.39 is 40.4 Å². The Balaban J connectivity index is 1.68. The molecule has 36 heavy (non-hydrogen) atoms. The summed E-state index contributed by atoms with van der Waals surface area (Å²) in [6.45, 7) is 1.38. The molecule has 0 spiro atoms. The molecule has 2 heterocycles. The van der Waals surface area contributed by atoms with Gasteiger partial charge in [-0.2, -0.15) is 0 Å². The van der Waals surface area contributed by atoms with Crippen molar-refractivity contribution in [2.24, 2.45) is 0 Å². The van der Waals surface area contributed by atoms with Crippen molar-refractivity contribution in [1.82, 2.24) is 9.55 Å². The lowest BCUT2D eigenvalue weighted by atomic mass is 10.0. The average molecular weight is 557 g/mol. The first-order valence-corrected chi connectivity index (χ1v) is 13.7. The van der Waals surface area contributed by atoms with Gasteiger partial charge in [0.25, 0.3) is 0 Å². The Morgan fingerprint density at radius 1 is 1.25 bits per heavy atom. The Morgan fingerprint density at radius 2 is 2.06 bits per heavy atom. The van der Waals surface area contributed by atoms with Crippen molar-refractivity contribution < 1.29 is 28.9 Å². The zero-order chi connectivity index (χ0) is 25.8. The van der Waals surface area contributed by atoms with Gasteiger partial charge in [-0.05, 0) is 42.2 Å². The van der Waals surface area contributed by atoms with Crippen LogP contribution in [0.25, 0.3) is 11.3 Å². The van der Waals surface area contributed by atoms with Crippen molar-refractivity contribution in [2.75, 3.05) is 25.6 Å². The summed E-state index contributed by atoms with van der Waals surface area (Å²) in [4.78, 5) is 17.3. The summed E-state index contributed by atoms with van der Waals surface area (Å²) in [5.74, 6) is -0.462. The summed E-state index contributed by atoms with van der Waals surface area (Å²) in [6, 6.07) is 10.7. The van der Waals surface area contributed by atoms with Gasteiger partial charge in [-0.25, -0.2) is 25.1 Å². The lowest BCUT2D eigenvalue weighted by molar-refractivity contribution is -0.152. The second-order valence-electron chi connectivity index (χ2n) is 8.35. The van der Waals surface area contributed by atoms with E-state index in [4.69, 9.17) is 32.7 Å². The molecule has 7 nitrogen and oxygen atoms in total. The molecule has 194 valence electrons. The van der Waals surface area contributed by atoms with Crippen LogP contribution in [0.3, 0.4) is 0 Å². The maximum atomic E-state index is 13.8. The Morgan fingerprint density at radius 3 is 2.75 bits per heavy atom. The largest absolute Gasteiger partial charge is 0.464 e. The number of aliphatic hydroxyl groups is 2. The minimum atomic E-state index is -1.14. The van der Waals surface area contributed by atoms with Crippen molar-refractivity contribution in [3.05, 3.63) is 70.9 Å². The molecule has 1 saturated heterocycles. The molecule has 0 aliphatic carbocycles. The summed E-state index contributed by atoms with van der Waals surface area (Å²) in [6.07, 6.45) is 1.59. The van der Waals surface area contributed by atoms with Gasteiger partial charge in [-0.15, -0.1) is 0 Å². The fourth-order valence-corrected chi connectivity index (χ4v) is 7.68. The number of carbonyl (C=O) groups excluding carboxylic acids is 1. The van der Waals surface area contributed by atoms with E-state index in [0.29, 0.717) is 27.1 Å². The molecule has 3 aromatic rings. The molecule has 1 aliphatic rings. The first-order chi connectivity index (χ1) is 17.3. The number of ether oxygens (including phenoxy) is 2. The van der Waals surface area contributed by atoms with Crippen LogP contribution in [0.2, 0.25) is 10.0 Å². The molecule has 1 fully saturated rings. The van der Waals surface area contributed by atoms with Crippen molar-refractivity contribution in [1.29, 1.82) is 0 Å². The van der Waals surface area contributed by atoms with Crippen LogP contribution < -0.4 is 0 Å². The van der Waals surface area contributed by atoms with Crippen molar-refractivity contribution in [2.45, 2.75) is 35.3 Å². The molecule has 0 saturated carbocycles. The number of imidazole rings is 1. The highest BCUT2D eigenvalue weighted by atomic mass is 35.5. The topological polar surface area (TPSA) is 93.8 Å². The number of esters is 1. The van der Waals surface area contributed by atoms with Crippen LogP contribution in [0.1, 0.15) is 13.0 Å². The summed E-state index contributed by atoms with van der Waals surface area (Å²) < 4.78 is 26.5. The van der Waals surface area contributed by atoms with Crippen molar-refractivity contribution in [3.8, 4) is 11.3 Å². The number of halogens is 3. The maximum Gasteiger partial charge on any atom is 0.332 e. The number of nitrogens with zero attached hydrogens (tertiary/aromatic N) is 2. The SMILES string of the molecule is CCOC(=O)CO[C@H]1C[SH](c2ccc(Cl)c(Cl)c2)[C@H](CO)[C@H](O)[C@@H]1n1cnc(-c2cccc(F)c2)c1. The molecule has 4 rings (SSSR count). The molecule has 5 atom stereocenters. The van der Waals surface area contributed by atoms with Crippen LogP contribution in [0.15, 0.2) is 59.9 Å². The Labute approximate surface area is 221 Å². The third-order valence-electron chi connectivity index (χ3n) is 6.11. The molecule has 0 radical (unpaired) electrons. The fourth-order valence-electron chi connectivity index (χ4n) is 4.43. The second-order valence-corrected chi connectivity index (χ2v) is 11.7. The van der Waals surface area contributed by atoms with Crippen LogP contribution in [0.4, 0.5) is 4.39 Å². The molecule has 0 bridgehead atoms. The number of carbonyl (C=O) groups is 1. The first-order valence-electron chi connectivity index (χ1n) is 11.4. The van der Waals surface area contributed by atoms with Gasteiger partial charge in [-0.3, -0.25) is 0 Å². The van der Waals surface area contributed by atoms with Crippen LogP contribution in [-0.4, -0.2) is 68.8 Å². The first kappa shape index (κ1) is 26.9. The van der Waals surface area contributed by atoms with E-state index in [-0.39, 0.29) is 25.6 Å². The van der Waals surface area contributed by atoms with Gasteiger partial charge < -0.3 is 24.3 Å². The van der Waals surface area contributed by atoms with Gasteiger partial charge in [0.2, 0.25) is 0 Å². The molecule has 2 N–H and O–H groups in total. The van der Waals surface area contributed by atoms with Crippen LogP contribution in [0, 0.1) is 5.82 Å². The number of hydrogen-bond donors (Lipinski definition) is 3. The molecular weight excluding hydrogens is 530 g/mol. The van der Waals surface area contributed by atoms with Crippen molar-refractivity contribution >= 4 is 40.1 Å². The highest BCUT2D eigenvalue weighted by molar-refractivity contribution is 8.17. The summed E-state index contributed by atoms with van der Waals surface area (Å²) in [7, 11) is -1.14. The minimum Gasteiger partial charge on any atom is -0.464 e. The highest BCUT2D eigenvalue weighted by Crippen LogP contribution is 2.51. The third-order valence-corrected chi connectivity index (χ3v) is 9.81. The molecule has 11 heteroatoms. The number of aliphatic hydroxyl groups excluding tert-OH is 2. The van der Waals surface area contributed by atoms with E-state index >= 15 is 0 Å². The van der Waals surface area contributed by atoms with E-state index in [1.807, 2.05) is 6.07 Å². The monoisotopic (exact) mass is 556 g/mol. The highest BCUT2D eigenvalue weighted by Gasteiger charge is 2.44. The van der Waals surface area contributed by atoms with E-state index in [1.165, 1.54) is 18.5 Å².